The molecule has 0 saturated carbocycles. The Morgan fingerprint density at radius 3 is 2.71 bits per heavy atom. The van der Waals surface area contributed by atoms with Crippen LogP contribution in [0.15, 0.2) is 67.3 Å². The van der Waals surface area contributed by atoms with Crippen LogP contribution in [0.5, 0.6) is 11.5 Å². The number of imidazole rings is 2. The van der Waals surface area contributed by atoms with Crippen molar-refractivity contribution in [3.63, 3.8) is 0 Å². The summed E-state index contributed by atoms with van der Waals surface area (Å²) < 4.78 is 16.6. The first-order valence-electron chi connectivity index (χ1n) is 15.2. The van der Waals surface area contributed by atoms with Crippen LogP contribution in [0, 0.1) is 0 Å². The number of carbonyl (C=O) groups excluding carboxylic acids is 1. The van der Waals surface area contributed by atoms with Crippen molar-refractivity contribution < 1.29 is 19.4 Å². The Bertz CT molecular complexity index is 1790. The van der Waals surface area contributed by atoms with Crippen molar-refractivity contribution in [1.29, 1.82) is 0 Å². The predicted molar refractivity (Wildman–Crippen MR) is 172 cm³/mol. The topological polar surface area (TPSA) is 108 Å². The maximum absolute atomic E-state index is 12.2. The molecule has 0 amide bonds. The molecule has 0 radical (unpaired) electrons. The second-order valence-electron chi connectivity index (χ2n) is 11.3. The number of ketones is 1. The van der Waals surface area contributed by atoms with Crippen LogP contribution in [0.4, 0.5) is 0 Å². The molecular formula is C34H37ClN6O4. The molecule has 0 aliphatic carbocycles. The van der Waals surface area contributed by atoms with Gasteiger partial charge in [0, 0.05) is 54.2 Å². The molecule has 1 fully saturated rings. The third-order valence-corrected chi connectivity index (χ3v) is 8.49. The number of aliphatic hydroxyl groups is 1. The molecule has 1 N–H and O–H groups in total. The van der Waals surface area contributed by atoms with E-state index < -0.39 is 0 Å². The smallest absolute Gasteiger partial charge is 0.159 e. The van der Waals surface area contributed by atoms with E-state index in [-0.39, 0.29) is 25.1 Å². The van der Waals surface area contributed by atoms with Crippen LogP contribution in [0.2, 0.25) is 5.02 Å². The summed E-state index contributed by atoms with van der Waals surface area (Å²) in [6.45, 7) is 7.71. The molecule has 0 unspecified atom stereocenters. The molecule has 0 spiro atoms. The van der Waals surface area contributed by atoms with Crippen LogP contribution in [0.1, 0.15) is 59.8 Å². The van der Waals surface area contributed by atoms with E-state index in [9.17, 15) is 9.90 Å². The van der Waals surface area contributed by atoms with Crippen molar-refractivity contribution in [1.82, 2.24) is 29.0 Å². The van der Waals surface area contributed by atoms with Gasteiger partial charge in [-0.2, -0.15) is 0 Å². The van der Waals surface area contributed by atoms with Crippen molar-refractivity contribution in [2.75, 3.05) is 13.1 Å². The van der Waals surface area contributed by atoms with Crippen molar-refractivity contribution in [2.45, 2.75) is 65.6 Å². The lowest BCUT2D eigenvalue weighted by Crippen LogP contribution is -2.38. The molecule has 4 heterocycles. The number of nitrogens with zero attached hydrogens (tertiary/aromatic N) is 6. The van der Waals surface area contributed by atoms with Crippen LogP contribution in [-0.4, -0.2) is 59.1 Å². The number of fused-ring (bicyclic) bond motifs is 1. The van der Waals surface area contributed by atoms with Crippen LogP contribution >= 0.6 is 11.6 Å². The van der Waals surface area contributed by atoms with Crippen molar-refractivity contribution >= 4 is 28.4 Å². The second-order valence-corrected chi connectivity index (χ2v) is 11.8. The molecule has 0 atom stereocenters. The van der Waals surface area contributed by atoms with Crippen LogP contribution in [-0.2, 0) is 32.8 Å². The van der Waals surface area contributed by atoms with Crippen molar-refractivity contribution in [2.24, 2.45) is 0 Å². The molecule has 5 aromatic rings. The Labute approximate surface area is 267 Å². The van der Waals surface area contributed by atoms with Crippen LogP contribution in [0.3, 0.4) is 0 Å². The quantitative estimate of drug-likeness (QED) is 0.176. The van der Waals surface area contributed by atoms with Gasteiger partial charge in [-0.15, -0.1) is 0 Å². The maximum Gasteiger partial charge on any atom is 0.159 e. The first kappa shape index (κ1) is 30.8. The van der Waals surface area contributed by atoms with E-state index in [1.54, 1.807) is 31.3 Å². The van der Waals surface area contributed by atoms with Gasteiger partial charge in [-0.05, 0) is 69.2 Å². The number of rotatable bonds is 12. The lowest BCUT2D eigenvalue weighted by Gasteiger charge is -2.32. The number of hydrogen-bond donors (Lipinski definition) is 1. The molecule has 45 heavy (non-hydrogen) atoms. The molecular weight excluding hydrogens is 592 g/mol. The largest absolute Gasteiger partial charge is 0.490 e. The average molecular weight is 629 g/mol. The highest BCUT2D eigenvalue weighted by Gasteiger charge is 2.23. The maximum atomic E-state index is 12.2. The fraction of sp³-hybridized carbons (Fsp3) is 0.353. The molecule has 1 aliphatic rings. The Kier molecular flexibility index (Phi) is 9.44. The number of hydrogen-bond acceptors (Lipinski definition) is 8. The highest BCUT2D eigenvalue weighted by atomic mass is 35.5. The molecule has 234 valence electrons. The molecule has 1 aliphatic heterocycles. The number of piperidine rings is 1. The number of ether oxygens (including phenoxy) is 2. The summed E-state index contributed by atoms with van der Waals surface area (Å²) in [5.41, 5.74) is 4.99. The van der Waals surface area contributed by atoms with E-state index >= 15 is 0 Å². The molecule has 11 heteroatoms. The average Bonchev–Trinajstić information content (AvgIpc) is 3.65. The third kappa shape index (κ3) is 7.19. The Morgan fingerprint density at radius 2 is 1.93 bits per heavy atom. The third-order valence-electron chi connectivity index (χ3n) is 8.25. The second kappa shape index (κ2) is 13.8. The molecule has 10 nitrogen and oxygen atoms in total. The Balaban J connectivity index is 1.10. The molecule has 3 aromatic heterocycles. The number of pyridine rings is 1. The van der Waals surface area contributed by atoms with Gasteiger partial charge < -0.3 is 23.7 Å². The molecule has 0 bridgehead atoms. The minimum Gasteiger partial charge on any atom is -0.490 e. The highest BCUT2D eigenvalue weighted by Crippen LogP contribution is 2.26. The van der Waals surface area contributed by atoms with Crippen molar-refractivity contribution in [3.05, 3.63) is 101 Å². The van der Waals surface area contributed by atoms with E-state index in [1.807, 2.05) is 42.9 Å². The number of halogens is 1. The minimum absolute atomic E-state index is 0.0399. The zero-order valence-electron chi connectivity index (χ0n) is 25.5. The SMILES string of the molecule is CCn1cncc1Cn1c(CN2CCC(Oc3ccnc(COc4ccc(Cl)cc4CO)c3)CC2)nc2ccc(C(C)=O)cc21. The van der Waals surface area contributed by atoms with E-state index in [1.165, 1.54) is 0 Å². The van der Waals surface area contributed by atoms with Gasteiger partial charge in [0.1, 0.15) is 30.0 Å². The van der Waals surface area contributed by atoms with E-state index in [0.29, 0.717) is 35.0 Å². The van der Waals surface area contributed by atoms with Gasteiger partial charge in [-0.3, -0.25) is 14.7 Å². The fourth-order valence-electron chi connectivity index (χ4n) is 5.77. The van der Waals surface area contributed by atoms with Gasteiger partial charge in [0.2, 0.25) is 0 Å². The van der Waals surface area contributed by atoms with Crippen LogP contribution in [0.25, 0.3) is 11.0 Å². The van der Waals surface area contributed by atoms with Gasteiger partial charge in [0.15, 0.2) is 5.78 Å². The zero-order chi connectivity index (χ0) is 31.3. The van der Waals surface area contributed by atoms with Crippen molar-refractivity contribution in [3.8, 4) is 11.5 Å². The van der Waals surface area contributed by atoms with Gasteiger partial charge in [-0.25, -0.2) is 9.97 Å². The summed E-state index contributed by atoms with van der Waals surface area (Å²) in [5, 5.41) is 10.2. The number of likely N-dealkylation sites (tertiary alicyclic amines) is 1. The number of carbonyl (C=O) groups is 1. The summed E-state index contributed by atoms with van der Waals surface area (Å²) in [5.74, 6) is 2.35. The predicted octanol–water partition coefficient (Wildman–Crippen LogP) is 5.67. The molecule has 2 aromatic carbocycles. The fourth-order valence-corrected chi connectivity index (χ4v) is 5.96. The number of aromatic nitrogens is 5. The molecule has 6 rings (SSSR count). The summed E-state index contributed by atoms with van der Waals surface area (Å²) in [7, 11) is 0. The lowest BCUT2D eigenvalue weighted by atomic mass is 10.1. The van der Waals surface area contributed by atoms with Crippen LogP contribution < -0.4 is 9.47 Å². The summed E-state index contributed by atoms with van der Waals surface area (Å²) in [6.07, 6.45) is 7.34. The Hall–Kier alpha value is -4.25. The molecule has 1 saturated heterocycles. The lowest BCUT2D eigenvalue weighted by molar-refractivity contribution is 0.0946. The summed E-state index contributed by atoms with van der Waals surface area (Å²) >= 11 is 6.03. The highest BCUT2D eigenvalue weighted by molar-refractivity contribution is 6.30. The summed E-state index contributed by atoms with van der Waals surface area (Å²) in [6, 6.07) is 14.7. The van der Waals surface area contributed by atoms with E-state index in [2.05, 4.69) is 30.9 Å². The van der Waals surface area contributed by atoms with Gasteiger partial charge in [0.05, 0.1) is 48.4 Å². The monoisotopic (exact) mass is 628 g/mol. The number of aryl methyl sites for hydroxylation is 1. The Morgan fingerprint density at radius 1 is 1.09 bits per heavy atom. The van der Waals surface area contributed by atoms with Gasteiger partial charge in [0.25, 0.3) is 0 Å². The zero-order valence-corrected chi connectivity index (χ0v) is 26.3. The first-order chi connectivity index (χ1) is 21.9. The van der Waals surface area contributed by atoms with Gasteiger partial charge >= 0.3 is 0 Å². The minimum atomic E-state index is -0.158. The number of Topliss-reactive ketones (excluding diaryl/α,β-unsaturated/α-hetero) is 1. The first-order valence-corrected chi connectivity index (χ1v) is 15.6. The standard InChI is InChI=1S/C34H37ClN6O4/c1-3-40-22-36-17-28(40)18-41-32-15-24(23(2)43)4-6-31(32)38-34(41)19-39-12-9-29(10-13-39)45-30-8-11-37-27(16-30)21-44-33-7-5-26(35)14-25(33)20-42/h4-8,11,14-17,22,29,42H,3,9-10,12-13,18-21H2,1-2H3. The van der Waals surface area contributed by atoms with E-state index in [0.717, 1.165) is 66.5 Å². The normalized spacial score (nSPS) is 14.2. The number of benzene rings is 2. The summed E-state index contributed by atoms with van der Waals surface area (Å²) in [4.78, 5) is 28.4. The number of aliphatic hydroxyl groups excluding tert-OH is 1. The van der Waals surface area contributed by atoms with Gasteiger partial charge in [-0.1, -0.05) is 11.6 Å². The van der Waals surface area contributed by atoms with E-state index in [4.69, 9.17) is 26.1 Å².